The first-order valence-corrected chi connectivity index (χ1v) is 8.15. The first-order valence-electron chi connectivity index (χ1n) is 7.77. The minimum atomic E-state index is 0.412. The van der Waals surface area contributed by atoms with Crippen LogP contribution in [0.15, 0.2) is 59.5 Å². The van der Waals surface area contributed by atoms with Crippen molar-refractivity contribution in [1.29, 1.82) is 0 Å². The van der Waals surface area contributed by atoms with E-state index in [1.54, 1.807) is 6.08 Å². The molecule has 0 aliphatic carbocycles. The van der Waals surface area contributed by atoms with E-state index in [0.717, 1.165) is 36.3 Å². The second kappa shape index (κ2) is 7.24. The number of allylic oxidation sites excluding steroid dienone is 1. The normalized spacial score (nSPS) is 14.1. The summed E-state index contributed by atoms with van der Waals surface area (Å²) in [5.74, 6) is 0.825. The molecule has 0 aromatic heterocycles. The molecule has 1 aliphatic rings. The maximum Gasteiger partial charge on any atom is 0.156 e. The van der Waals surface area contributed by atoms with Crippen molar-refractivity contribution in [2.45, 2.75) is 19.8 Å². The predicted octanol–water partition coefficient (Wildman–Crippen LogP) is 3.77. The number of hydrazone groups is 1. The van der Waals surface area contributed by atoms with E-state index >= 15 is 0 Å². The number of benzene rings is 2. The summed E-state index contributed by atoms with van der Waals surface area (Å²) in [6, 6.07) is 14.3. The highest BCUT2D eigenvalue weighted by molar-refractivity contribution is 6.68. The van der Waals surface area contributed by atoms with Crippen LogP contribution in [0.2, 0.25) is 0 Å². The van der Waals surface area contributed by atoms with E-state index in [1.807, 2.05) is 24.3 Å². The number of anilines is 1. The lowest BCUT2D eigenvalue weighted by Crippen LogP contribution is -2.44. The topological polar surface area (TPSA) is 51.7 Å². The van der Waals surface area contributed by atoms with Gasteiger partial charge in [-0.15, -0.1) is 10.3 Å². The van der Waals surface area contributed by atoms with Gasteiger partial charge in [-0.2, -0.15) is 0 Å². The number of hydrogen-bond donors (Lipinski definition) is 3. The third-order valence-electron chi connectivity index (χ3n) is 3.55. The first-order chi connectivity index (χ1) is 11.3. The molecule has 2 aromatic carbocycles. The van der Waals surface area contributed by atoms with Crippen LogP contribution in [-0.4, -0.2) is 16.9 Å². The average Bonchev–Trinajstić information content (AvgIpc) is 2.55. The second-order valence-electron chi connectivity index (χ2n) is 5.32. The minimum absolute atomic E-state index is 0.412. The molecule has 5 nitrogen and oxygen atoms in total. The number of unbranched alkanes of at least 4 members (excludes halogenated alkanes) is 1. The van der Waals surface area contributed by atoms with E-state index in [0.29, 0.717) is 5.17 Å². The van der Waals surface area contributed by atoms with Gasteiger partial charge in [-0.05, 0) is 17.9 Å². The maximum atomic E-state index is 6.12. The van der Waals surface area contributed by atoms with Crippen molar-refractivity contribution in [3.05, 3.63) is 54.4 Å². The van der Waals surface area contributed by atoms with Crippen molar-refractivity contribution in [2.24, 2.45) is 5.10 Å². The van der Waals surface area contributed by atoms with Crippen LogP contribution >= 0.6 is 11.6 Å². The highest BCUT2D eigenvalue weighted by Gasteiger charge is 2.12. The molecule has 0 bridgehead atoms. The smallest absolute Gasteiger partial charge is 0.156 e. The summed E-state index contributed by atoms with van der Waals surface area (Å²) in [6.07, 6.45) is 4.02. The Hall–Kier alpha value is -2.40. The molecule has 0 saturated carbocycles. The Morgan fingerprint density at radius 1 is 1.17 bits per heavy atom. The van der Waals surface area contributed by atoms with Crippen LogP contribution in [0.5, 0.6) is 0 Å². The molecule has 6 heteroatoms. The summed E-state index contributed by atoms with van der Waals surface area (Å²) in [4.78, 5) is 0. The molecule has 3 rings (SSSR count). The van der Waals surface area contributed by atoms with Gasteiger partial charge in [-0.3, -0.25) is 5.43 Å². The number of nitrogens with one attached hydrogen (secondary N) is 3. The summed E-state index contributed by atoms with van der Waals surface area (Å²) in [6.45, 7) is 3.05. The fourth-order valence-electron chi connectivity index (χ4n) is 2.40. The molecule has 0 unspecified atom stereocenters. The van der Waals surface area contributed by atoms with Crippen molar-refractivity contribution >= 4 is 33.2 Å². The Balaban J connectivity index is 1.74. The summed E-state index contributed by atoms with van der Waals surface area (Å²) in [7, 11) is 0. The van der Waals surface area contributed by atoms with E-state index in [-0.39, 0.29) is 0 Å². The van der Waals surface area contributed by atoms with Crippen LogP contribution in [0, 0.1) is 0 Å². The lowest BCUT2D eigenvalue weighted by atomic mass is 10.1. The summed E-state index contributed by atoms with van der Waals surface area (Å²) >= 11 is 6.12. The highest BCUT2D eigenvalue weighted by atomic mass is 35.5. The largest absolute Gasteiger partial charge is 0.370 e. The number of fused-ring (bicyclic) bond motifs is 1. The second-order valence-corrected chi connectivity index (χ2v) is 5.71. The third-order valence-corrected chi connectivity index (χ3v) is 3.73. The van der Waals surface area contributed by atoms with E-state index in [4.69, 9.17) is 11.6 Å². The fourth-order valence-corrected chi connectivity index (χ4v) is 2.58. The Morgan fingerprint density at radius 2 is 2.00 bits per heavy atom. The van der Waals surface area contributed by atoms with E-state index < -0.39 is 0 Å². The number of nitrogens with zero attached hydrogens (tertiary/aromatic N) is 2. The number of rotatable bonds is 6. The molecule has 0 saturated heterocycles. The predicted molar refractivity (Wildman–Crippen MR) is 96.8 cm³/mol. The number of hydrazine groups is 2. The monoisotopic (exact) mass is 329 g/mol. The molecular formula is C17H20ClN5. The fraction of sp³-hybridized carbons (Fsp3) is 0.235. The van der Waals surface area contributed by atoms with Crippen molar-refractivity contribution in [3.8, 4) is 0 Å². The Kier molecular flexibility index (Phi) is 4.88. The molecule has 0 fully saturated rings. The summed E-state index contributed by atoms with van der Waals surface area (Å²) < 4.78 is 0. The van der Waals surface area contributed by atoms with E-state index in [2.05, 4.69) is 46.4 Å². The van der Waals surface area contributed by atoms with E-state index in [1.165, 1.54) is 10.6 Å². The van der Waals surface area contributed by atoms with Crippen molar-refractivity contribution in [1.82, 2.24) is 16.0 Å². The van der Waals surface area contributed by atoms with E-state index in [9.17, 15) is 0 Å². The van der Waals surface area contributed by atoms with Crippen molar-refractivity contribution in [3.63, 3.8) is 0 Å². The van der Waals surface area contributed by atoms with Gasteiger partial charge in [-0.25, -0.2) is 5.43 Å². The molecule has 2 aromatic rings. The Labute approximate surface area is 140 Å². The zero-order valence-corrected chi connectivity index (χ0v) is 13.8. The zero-order chi connectivity index (χ0) is 16.1. The molecule has 23 heavy (non-hydrogen) atoms. The van der Waals surface area contributed by atoms with Gasteiger partial charge in [0.1, 0.15) is 5.82 Å². The lowest BCUT2D eigenvalue weighted by Gasteiger charge is -2.27. The highest BCUT2D eigenvalue weighted by Crippen LogP contribution is 2.23. The Bertz CT molecular complexity index is 735. The van der Waals surface area contributed by atoms with Crippen LogP contribution in [0.3, 0.4) is 0 Å². The minimum Gasteiger partial charge on any atom is -0.370 e. The van der Waals surface area contributed by atoms with Crippen LogP contribution in [0.25, 0.3) is 10.8 Å². The summed E-state index contributed by atoms with van der Waals surface area (Å²) in [5.41, 5.74) is 7.36. The van der Waals surface area contributed by atoms with Crippen LogP contribution in [0.1, 0.15) is 19.8 Å². The van der Waals surface area contributed by atoms with Gasteiger partial charge in [-0.1, -0.05) is 61.3 Å². The molecule has 120 valence electrons. The number of halogens is 1. The van der Waals surface area contributed by atoms with Crippen LogP contribution in [0.4, 0.5) is 5.69 Å². The van der Waals surface area contributed by atoms with Gasteiger partial charge >= 0.3 is 0 Å². The van der Waals surface area contributed by atoms with Crippen LogP contribution < -0.4 is 16.2 Å². The van der Waals surface area contributed by atoms with Gasteiger partial charge in [0, 0.05) is 18.0 Å². The molecule has 0 radical (unpaired) electrons. The quantitative estimate of drug-likeness (QED) is 0.706. The van der Waals surface area contributed by atoms with Gasteiger partial charge in [0.15, 0.2) is 5.17 Å². The molecule has 1 heterocycles. The van der Waals surface area contributed by atoms with Crippen molar-refractivity contribution < 1.29 is 0 Å². The SMILES string of the molecule is CCCCNC1=CC(Cl)=NN(Nc2cccc3ccccc23)N1. The molecule has 3 N–H and O–H groups in total. The zero-order valence-electron chi connectivity index (χ0n) is 13.0. The molecular weight excluding hydrogens is 310 g/mol. The molecule has 0 amide bonds. The summed E-state index contributed by atoms with van der Waals surface area (Å²) in [5, 5.41) is 11.8. The van der Waals surface area contributed by atoms with Crippen molar-refractivity contribution in [2.75, 3.05) is 12.0 Å². The van der Waals surface area contributed by atoms with Gasteiger partial charge in [0.25, 0.3) is 0 Å². The third kappa shape index (κ3) is 3.87. The average molecular weight is 330 g/mol. The van der Waals surface area contributed by atoms with Gasteiger partial charge in [0.05, 0.1) is 5.69 Å². The standard InChI is InChI=1S/C17H20ClN5/c1-2-3-11-19-17-12-16(18)21-23(22-17)20-15-10-6-8-13-7-4-5-9-14(13)15/h4-10,12,19-20,22H,2-3,11H2,1H3. The number of hydrogen-bond acceptors (Lipinski definition) is 5. The van der Waals surface area contributed by atoms with Gasteiger partial charge in [0.2, 0.25) is 0 Å². The molecule has 0 spiro atoms. The maximum absolute atomic E-state index is 6.12. The Morgan fingerprint density at radius 3 is 2.87 bits per heavy atom. The molecule has 0 atom stereocenters. The lowest BCUT2D eigenvalue weighted by molar-refractivity contribution is 0.262. The molecule has 1 aliphatic heterocycles. The van der Waals surface area contributed by atoms with Gasteiger partial charge < -0.3 is 5.32 Å². The first kappa shape index (κ1) is 15.5. The van der Waals surface area contributed by atoms with Crippen LogP contribution in [-0.2, 0) is 0 Å².